The molecule has 2 rings (SSSR count). The van der Waals surface area contributed by atoms with Crippen molar-refractivity contribution in [2.24, 2.45) is 0 Å². The van der Waals surface area contributed by atoms with E-state index in [1.807, 2.05) is 0 Å². The maximum Gasteiger partial charge on any atom is 0.0791 e. The zero-order valence-corrected chi connectivity index (χ0v) is 9.32. The average molecular weight is 214 g/mol. The van der Waals surface area contributed by atoms with Crippen LogP contribution in [0.3, 0.4) is 0 Å². The van der Waals surface area contributed by atoms with E-state index in [1.54, 1.807) is 0 Å². The molecule has 15 heavy (non-hydrogen) atoms. The van der Waals surface area contributed by atoms with E-state index in [9.17, 15) is 5.11 Å². The van der Waals surface area contributed by atoms with E-state index in [0.717, 1.165) is 39.3 Å². The van der Waals surface area contributed by atoms with E-state index in [4.69, 9.17) is 4.74 Å². The number of ether oxygens (including phenoxy) is 1. The van der Waals surface area contributed by atoms with Gasteiger partial charge >= 0.3 is 0 Å². The Balaban J connectivity index is 1.57. The predicted octanol–water partition coefficient (Wildman–Crippen LogP) is -0.178. The van der Waals surface area contributed by atoms with Crippen molar-refractivity contribution < 1.29 is 9.84 Å². The van der Waals surface area contributed by atoms with E-state index in [1.165, 1.54) is 12.8 Å². The van der Waals surface area contributed by atoms with E-state index < -0.39 is 0 Å². The lowest BCUT2D eigenvalue weighted by Gasteiger charge is -2.20. The largest absolute Gasteiger partial charge is 0.390 e. The lowest BCUT2D eigenvalue weighted by Crippen LogP contribution is -2.41. The molecule has 4 nitrogen and oxygen atoms in total. The lowest BCUT2D eigenvalue weighted by atomic mass is 10.2. The van der Waals surface area contributed by atoms with Gasteiger partial charge in [0.05, 0.1) is 12.7 Å². The molecular formula is C11H22N2O2. The summed E-state index contributed by atoms with van der Waals surface area (Å²) in [5, 5.41) is 13.2. The van der Waals surface area contributed by atoms with E-state index in [0.29, 0.717) is 12.6 Å². The first-order valence-electron chi connectivity index (χ1n) is 6.06. The summed E-state index contributed by atoms with van der Waals surface area (Å²) in [6.45, 7) is 5.49. The highest BCUT2D eigenvalue weighted by atomic mass is 16.5. The Bertz CT molecular complexity index is 177. The van der Waals surface area contributed by atoms with Gasteiger partial charge in [0, 0.05) is 25.7 Å². The summed E-state index contributed by atoms with van der Waals surface area (Å²) < 4.78 is 5.27. The van der Waals surface area contributed by atoms with Gasteiger partial charge in [-0.2, -0.15) is 0 Å². The SMILES string of the molecule is OC(CNC1CCOC1)CN1CCCC1. The van der Waals surface area contributed by atoms with Crippen LogP contribution >= 0.6 is 0 Å². The fraction of sp³-hybridized carbons (Fsp3) is 1.00. The molecule has 0 aromatic carbocycles. The number of β-amino-alcohol motifs (C(OH)–C–C–N with tert-alkyl or cyclic N) is 1. The fourth-order valence-electron chi connectivity index (χ4n) is 2.33. The number of likely N-dealkylation sites (tertiary alicyclic amines) is 1. The molecule has 2 aliphatic rings. The van der Waals surface area contributed by atoms with Crippen LogP contribution in [0.2, 0.25) is 0 Å². The molecule has 2 heterocycles. The quantitative estimate of drug-likeness (QED) is 0.666. The highest BCUT2D eigenvalue weighted by molar-refractivity contribution is 4.76. The van der Waals surface area contributed by atoms with Crippen molar-refractivity contribution in [3.63, 3.8) is 0 Å². The molecule has 2 aliphatic heterocycles. The summed E-state index contributed by atoms with van der Waals surface area (Å²) >= 11 is 0. The molecule has 0 bridgehead atoms. The smallest absolute Gasteiger partial charge is 0.0791 e. The average Bonchev–Trinajstić information content (AvgIpc) is 2.86. The monoisotopic (exact) mass is 214 g/mol. The second-order valence-corrected chi connectivity index (χ2v) is 4.63. The Morgan fingerprint density at radius 3 is 2.87 bits per heavy atom. The van der Waals surface area contributed by atoms with Gasteiger partial charge in [-0.15, -0.1) is 0 Å². The van der Waals surface area contributed by atoms with Gasteiger partial charge in [0.1, 0.15) is 0 Å². The van der Waals surface area contributed by atoms with Gasteiger partial charge < -0.3 is 20.1 Å². The van der Waals surface area contributed by atoms with Gasteiger partial charge in [-0.25, -0.2) is 0 Å². The molecular weight excluding hydrogens is 192 g/mol. The van der Waals surface area contributed by atoms with Gasteiger partial charge in [-0.05, 0) is 32.4 Å². The molecule has 0 amide bonds. The van der Waals surface area contributed by atoms with Crippen LogP contribution in [-0.2, 0) is 4.74 Å². The van der Waals surface area contributed by atoms with Gasteiger partial charge in [-0.3, -0.25) is 0 Å². The molecule has 2 unspecified atom stereocenters. The Hall–Kier alpha value is -0.160. The molecule has 0 aromatic heterocycles. The summed E-state index contributed by atoms with van der Waals surface area (Å²) in [5.41, 5.74) is 0. The topological polar surface area (TPSA) is 44.7 Å². The first kappa shape index (κ1) is 11.3. The van der Waals surface area contributed by atoms with Gasteiger partial charge in [-0.1, -0.05) is 0 Å². The zero-order chi connectivity index (χ0) is 10.5. The molecule has 0 radical (unpaired) electrons. The number of hydrogen-bond acceptors (Lipinski definition) is 4. The Kier molecular flexibility index (Phi) is 4.38. The zero-order valence-electron chi connectivity index (χ0n) is 9.32. The predicted molar refractivity (Wildman–Crippen MR) is 58.9 cm³/mol. The van der Waals surface area contributed by atoms with Crippen LogP contribution in [0.4, 0.5) is 0 Å². The van der Waals surface area contributed by atoms with Crippen LogP contribution in [0.25, 0.3) is 0 Å². The second kappa shape index (κ2) is 5.80. The van der Waals surface area contributed by atoms with Crippen LogP contribution in [0.5, 0.6) is 0 Å². The summed E-state index contributed by atoms with van der Waals surface area (Å²) in [6, 6.07) is 0.457. The first-order chi connectivity index (χ1) is 7.34. The summed E-state index contributed by atoms with van der Waals surface area (Å²) in [4.78, 5) is 2.34. The summed E-state index contributed by atoms with van der Waals surface area (Å²) in [6.07, 6.45) is 3.42. The molecule has 0 aliphatic carbocycles. The third-order valence-electron chi connectivity index (χ3n) is 3.24. The van der Waals surface area contributed by atoms with Gasteiger partial charge in [0.2, 0.25) is 0 Å². The fourth-order valence-corrected chi connectivity index (χ4v) is 2.33. The highest BCUT2D eigenvalue weighted by Crippen LogP contribution is 2.08. The molecule has 0 aromatic rings. The molecule has 2 N–H and O–H groups in total. The normalized spacial score (nSPS) is 29.8. The minimum atomic E-state index is -0.233. The molecule has 2 atom stereocenters. The maximum atomic E-state index is 9.82. The standard InChI is InChI=1S/C11H22N2O2/c14-11(8-13-4-1-2-5-13)7-12-10-3-6-15-9-10/h10-12,14H,1-9H2. The number of hydrogen-bond donors (Lipinski definition) is 2. The minimum Gasteiger partial charge on any atom is -0.390 e. The summed E-state index contributed by atoms with van der Waals surface area (Å²) in [7, 11) is 0. The van der Waals surface area contributed by atoms with E-state index in [2.05, 4.69) is 10.2 Å². The van der Waals surface area contributed by atoms with Crippen molar-refractivity contribution in [1.82, 2.24) is 10.2 Å². The maximum absolute atomic E-state index is 9.82. The van der Waals surface area contributed by atoms with Crippen LogP contribution in [0.15, 0.2) is 0 Å². The van der Waals surface area contributed by atoms with Crippen molar-refractivity contribution in [3.8, 4) is 0 Å². The van der Waals surface area contributed by atoms with Crippen molar-refractivity contribution in [2.45, 2.75) is 31.4 Å². The molecule has 2 fully saturated rings. The van der Waals surface area contributed by atoms with E-state index >= 15 is 0 Å². The first-order valence-corrected chi connectivity index (χ1v) is 6.06. The second-order valence-electron chi connectivity index (χ2n) is 4.63. The van der Waals surface area contributed by atoms with E-state index in [-0.39, 0.29) is 6.10 Å². The number of rotatable bonds is 5. The van der Waals surface area contributed by atoms with Crippen LogP contribution in [0.1, 0.15) is 19.3 Å². The lowest BCUT2D eigenvalue weighted by molar-refractivity contribution is 0.118. The van der Waals surface area contributed by atoms with Crippen LogP contribution in [-0.4, -0.2) is 61.5 Å². The molecule has 88 valence electrons. The van der Waals surface area contributed by atoms with Crippen molar-refractivity contribution >= 4 is 0 Å². The molecule has 4 heteroatoms. The molecule has 2 saturated heterocycles. The molecule has 0 spiro atoms. The third-order valence-corrected chi connectivity index (χ3v) is 3.24. The van der Waals surface area contributed by atoms with Gasteiger partial charge in [0.25, 0.3) is 0 Å². The van der Waals surface area contributed by atoms with Crippen molar-refractivity contribution in [2.75, 3.05) is 39.4 Å². The Morgan fingerprint density at radius 2 is 2.20 bits per heavy atom. The number of nitrogens with zero attached hydrogens (tertiary/aromatic N) is 1. The Morgan fingerprint density at radius 1 is 1.40 bits per heavy atom. The summed E-state index contributed by atoms with van der Waals surface area (Å²) in [5.74, 6) is 0. The number of nitrogens with one attached hydrogen (secondary N) is 1. The minimum absolute atomic E-state index is 0.233. The Labute approximate surface area is 91.6 Å². The third kappa shape index (κ3) is 3.72. The highest BCUT2D eigenvalue weighted by Gasteiger charge is 2.18. The number of aliphatic hydroxyl groups excluding tert-OH is 1. The van der Waals surface area contributed by atoms with Gasteiger partial charge in [0.15, 0.2) is 0 Å². The van der Waals surface area contributed by atoms with Crippen LogP contribution < -0.4 is 5.32 Å². The van der Waals surface area contributed by atoms with Crippen LogP contribution in [0, 0.1) is 0 Å². The van der Waals surface area contributed by atoms with Crippen molar-refractivity contribution in [1.29, 1.82) is 0 Å². The number of aliphatic hydroxyl groups is 1. The van der Waals surface area contributed by atoms with Crippen molar-refractivity contribution in [3.05, 3.63) is 0 Å². The molecule has 0 saturated carbocycles.